The van der Waals surface area contributed by atoms with Crippen molar-refractivity contribution in [3.63, 3.8) is 0 Å². The van der Waals surface area contributed by atoms with E-state index in [1.165, 1.54) is 31.4 Å². The molecule has 21 heavy (non-hydrogen) atoms. The van der Waals surface area contributed by atoms with Crippen LogP contribution in [0.4, 0.5) is 0 Å². The standard InChI is InChI=1S/C18H30N2O/c1-5-19-18(16-9-11-17(21-4)12-10-16)15(3)20-13-7-6-8-14(20)2/h9-12,14-15,18-19H,5-8,13H2,1-4H3. The van der Waals surface area contributed by atoms with Crippen molar-refractivity contribution in [3.05, 3.63) is 29.8 Å². The van der Waals surface area contributed by atoms with Crippen LogP contribution < -0.4 is 10.1 Å². The second-order valence-electron chi connectivity index (χ2n) is 6.13. The molecule has 0 bridgehead atoms. The Hall–Kier alpha value is -1.06. The molecular formula is C18H30N2O. The van der Waals surface area contributed by atoms with Gasteiger partial charge in [0, 0.05) is 18.1 Å². The molecule has 0 aromatic heterocycles. The molecule has 1 aromatic rings. The maximum absolute atomic E-state index is 5.27. The number of nitrogens with zero attached hydrogens (tertiary/aromatic N) is 1. The molecule has 118 valence electrons. The van der Waals surface area contributed by atoms with Crippen LogP contribution in [0, 0.1) is 0 Å². The molecule has 3 heteroatoms. The van der Waals surface area contributed by atoms with Crippen LogP contribution in [0.1, 0.15) is 51.6 Å². The summed E-state index contributed by atoms with van der Waals surface area (Å²) in [6.07, 6.45) is 4.03. The normalized spacial score (nSPS) is 22.8. The van der Waals surface area contributed by atoms with Gasteiger partial charge in [0.25, 0.3) is 0 Å². The summed E-state index contributed by atoms with van der Waals surface area (Å²) >= 11 is 0. The quantitative estimate of drug-likeness (QED) is 0.866. The molecule has 1 N–H and O–H groups in total. The SMILES string of the molecule is CCNC(c1ccc(OC)cc1)C(C)N1CCCCC1C. The smallest absolute Gasteiger partial charge is 0.118 e. The van der Waals surface area contributed by atoms with E-state index in [1.54, 1.807) is 7.11 Å². The first-order valence-corrected chi connectivity index (χ1v) is 8.30. The van der Waals surface area contributed by atoms with Crippen molar-refractivity contribution in [1.29, 1.82) is 0 Å². The Morgan fingerprint density at radius 3 is 2.57 bits per heavy atom. The minimum absolute atomic E-state index is 0.376. The Morgan fingerprint density at radius 2 is 2.00 bits per heavy atom. The minimum atomic E-state index is 0.376. The molecule has 1 heterocycles. The van der Waals surface area contributed by atoms with Gasteiger partial charge in [-0.1, -0.05) is 25.5 Å². The first-order valence-electron chi connectivity index (χ1n) is 8.30. The zero-order valence-electron chi connectivity index (χ0n) is 13.9. The van der Waals surface area contributed by atoms with E-state index in [9.17, 15) is 0 Å². The fourth-order valence-electron chi connectivity index (χ4n) is 3.51. The highest BCUT2D eigenvalue weighted by Gasteiger charge is 2.29. The summed E-state index contributed by atoms with van der Waals surface area (Å²) in [6, 6.07) is 10.1. The van der Waals surface area contributed by atoms with Gasteiger partial charge in [0.1, 0.15) is 5.75 Å². The molecule has 1 aliphatic heterocycles. The van der Waals surface area contributed by atoms with Crippen molar-refractivity contribution in [2.75, 3.05) is 20.2 Å². The number of likely N-dealkylation sites (tertiary alicyclic amines) is 1. The summed E-state index contributed by atoms with van der Waals surface area (Å²) in [6.45, 7) is 9.12. The van der Waals surface area contributed by atoms with E-state index in [2.05, 4.69) is 55.3 Å². The van der Waals surface area contributed by atoms with Crippen molar-refractivity contribution in [3.8, 4) is 5.75 Å². The lowest BCUT2D eigenvalue weighted by Crippen LogP contribution is -2.49. The first kappa shape index (κ1) is 16.3. The summed E-state index contributed by atoms with van der Waals surface area (Å²) in [5.41, 5.74) is 1.35. The maximum atomic E-state index is 5.27. The molecule has 1 aliphatic rings. The third kappa shape index (κ3) is 3.98. The molecule has 0 saturated carbocycles. The average Bonchev–Trinajstić information content (AvgIpc) is 2.52. The third-order valence-corrected chi connectivity index (χ3v) is 4.76. The van der Waals surface area contributed by atoms with Gasteiger partial charge in [-0.3, -0.25) is 4.90 Å². The lowest BCUT2D eigenvalue weighted by atomic mass is 9.94. The number of rotatable bonds is 6. The van der Waals surface area contributed by atoms with Gasteiger partial charge in [-0.2, -0.15) is 0 Å². The number of methoxy groups -OCH3 is 1. The van der Waals surface area contributed by atoms with Gasteiger partial charge < -0.3 is 10.1 Å². The Bertz CT molecular complexity index is 418. The van der Waals surface area contributed by atoms with E-state index in [1.807, 2.05) is 0 Å². The number of likely N-dealkylation sites (N-methyl/N-ethyl adjacent to an activating group) is 1. The largest absolute Gasteiger partial charge is 0.497 e. The van der Waals surface area contributed by atoms with E-state index >= 15 is 0 Å². The lowest BCUT2D eigenvalue weighted by Gasteiger charge is -2.42. The van der Waals surface area contributed by atoms with Crippen molar-refractivity contribution in [2.45, 2.75) is 58.2 Å². The van der Waals surface area contributed by atoms with Gasteiger partial charge in [-0.25, -0.2) is 0 Å². The van der Waals surface area contributed by atoms with Gasteiger partial charge >= 0.3 is 0 Å². The summed E-state index contributed by atoms with van der Waals surface area (Å²) in [4.78, 5) is 2.67. The third-order valence-electron chi connectivity index (χ3n) is 4.76. The molecule has 1 aromatic carbocycles. The topological polar surface area (TPSA) is 24.5 Å². The van der Waals surface area contributed by atoms with Crippen LogP contribution >= 0.6 is 0 Å². The van der Waals surface area contributed by atoms with Crippen LogP contribution in [0.15, 0.2) is 24.3 Å². The number of benzene rings is 1. The van der Waals surface area contributed by atoms with E-state index in [0.717, 1.165) is 12.3 Å². The predicted octanol–water partition coefficient (Wildman–Crippen LogP) is 3.61. The summed E-state index contributed by atoms with van der Waals surface area (Å²) in [5, 5.41) is 3.67. The summed E-state index contributed by atoms with van der Waals surface area (Å²) in [5.74, 6) is 0.924. The van der Waals surface area contributed by atoms with E-state index in [-0.39, 0.29) is 0 Å². The fourth-order valence-corrected chi connectivity index (χ4v) is 3.51. The van der Waals surface area contributed by atoms with Crippen LogP contribution in [0.25, 0.3) is 0 Å². The molecule has 0 spiro atoms. The molecule has 0 aliphatic carbocycles. The van der Waals surface area contributed by atoms with Gasteiger partial charge in [-0.05, 0) is 57.5 Å². The van der Waals surface area contributed by atoms with E-state index in [4.69, 9.17) is 4.74 Å². The highest BCUT2D eigenvalue weighted by Crippen LogP contribution is 2.28. The van der Waals surface area contributed by atoms with Gasteiger partial charge in [-0.15, -0.1) is 0 Å². The maximum Gasteiger partial charge on any atom is 0.118 e. The first-order chi connectivity index (χ1) is 10.2. The fraction of sp³-hybridized carbons (Fsp3) is 0.667. The van der Waals surface area contributed by atoms with E-state index in [0.29, 0.717) is 18.1 Å². The number of nitrogens with one attached hydrogen (secondary N) is 1. The lowest BCUT2D eigenvalue weighted by molar-refractivity contribution is 0.0908. The van der Waals surface area contributed by atoms with Crippen molar-refractivity contribution in [1.82, 2.24) is 10.2 Å². The van der Waals surface area contributed by atoms with E-state index < -0.39 is 0 Å². The van der Waals surface area contributed by atoms with Gasteiger partial charge in [0.15, 0.2) is 0 Å². The minimum Gasteiger partial charge on any atom is -0.497 e. The van der Waals surface area contributed by atoms with Crippen molar-refractivity contribution < 1.29 is 4.74 Å². The molecule has 1 saturated heterocycles. The van der Waals surface area contributed by atoms with Crippen LogP contribution in [-0.4, -0.2) is 37.2 Å². The molecule has 3 nitrogen and oxygen atoms in total. The number of hydrogen-bond acceptors (Lipinski definition) is 3. The second-order valence-corrected chi connectivity index (χ2v) is 6.13. The van der Waals surface area contributed by atoms with Crippen LogP contribution in [0.2, 0.25) is 0 Å². The predicted molar refractivity (Wildman–Crippen MR) is 88.9 cm³/mol. The summed E-state index contributed by atoms with van der Waals surface area (Å²) < 4.78 is 5.27. The Kier molecular flexibility index (Phi) is 6.07. The Morgan fingerprint density at radius 1 is 1.29 bits per heavy atom. The molecule has 2 rings (SSSR count). The highest BCUT2D eigenvalue weighted by molar-refractivity contribution is 5.30. The van der Waals surface area contributed by atoms with Gasteiger partial charge in [0.2, 0.25) is 0 Å². The highest BCUT2D eigenvalue weighted by atomic mass is 16.5. The van der Waals surface area contributed by atoms with Crippen molar-refractivity contribution >= 4 is 0 Å². The van der Waals surface area contributed by atoms with Crippen LogP contribution in [0.5, 0.6) is 5.75 Å². The van der Waals surface area contributed by atoms with Crippen molar-refractivity contribution in [2.24, 2.45) is 0 Å². The molecule has 3 atom stereocenters. The zero-order valence-corrected chi connectivity index (χ0v) is 13.9. The van der Waals surface area contributed by atoms with Crippen LogP contribution in [-0.2, 0) is 0 Å². The summed E-state index contributed by atoms with van der Waals surface area (Å²) in [7, 11) is 1.72. The van der Waals surface area contributed by atoms with Crippen LogP contribution in [0.3, 0.4) is 0 Å². The Balaban J connectivity index is 2.15. The van der Waals surface area contributed by atoms with Gasteiger partial charge in [0.05, 0.1) is 7.11 Å². The molecule has 0 amide bonds. The molecule has 0 radical (unpaired) electrons. The number of hydrogen-bond donors (Lipinski definition) is 1. The second kappa shape index (κ2) is 7.81. The average molecular weight is 290 g/mol. The molecule has 1 fully saturated rings. The molecular weight excluding hydrogens is 260 g/mol. The monoisotopic (exact) mass is 290 g/mol. The number of piperidine rings is 1. The number of ether oxygens (including phenoxy) is 1. The zero-order chi connectivity index (χ0) is 15.2. The molecule has 3 unspecified atom stereocenters. The Labute approximate surface area is 129 Å².